The molecule has 0 unspecified atom stereocenters. The maximum absolute atomic E-state index is 5.56. The first-order chi connectivity index (χ1) is 8.76. The molecule has 1 aromatic rings. The molecule has 2 fully saturated rings. The highest BCUT2D eigenvalue weighted by molar-refractivity contribution is 9.10. The van der Waals surface area contributed by atoms with Crippen molar-refractivity contribution in [1.29, 1.82) is 0 Å². The van der Waals surface area contributed by atoms with Crippen molar-refractivity contribution in [2.24, 2.45) is 5.41 Å². The molecule has 1 saturated heterocycles. The standard InChI is InChI=1S/C14H20BrNOS/c15-11-7-13(18-9-11)8-14(3-5-17-6-4-14)10-16-12-1-2-12/h7,9,12,16H,1-6,8,10H2. The van der Waals surface area contributed by atoms with Crippen molar-refractivity contribution in [3.63, 3.8) is 0 Å². The third-order valence-corrected chi connectivity index (χ3v) is 5.77. The molecule has 0 atom stereocenters. The number of thiophene rings is 1. The summed E-state index contributed by atoms with van der Waals surface area (Å²) in [5.74, 6) is 0. The SMILES string of the molecule is Brc1csc(CC2(CNC3CC3)CCOCC2)c1. The molecule has 0 radical (unpaired) electrons. The molecule has 1 N–H and O–H groups in total. The van der Waals surface area contributed by atoms with E-state index in [2.05, 4.69) is 32.7 Å². The van der Waals surface area contributed by atoms with Crippen molar-refractivity contribution < 1.29 is 4.74 Å². The van der Waals surface area contributed by atoms with Crippen LogP contribution in [0.4, 0.5) is 0 Å². The lowest BCUT2D eigenvalue weighted by molar-refractivity contribution is 0.0151. The van der Waals surface area contributed by atoms with Crippen LogP contribution in [0.1, 0.15) is 30.6 Å². The fraction of sp³-hybridized carbons (Fsp3) is 0.714. The van der Waals surface area contributed by atoms with E-state index >= 15 is 0 Å². The van der Waals surface area contributed by atoms with Gasteiger partial charge in [-0.2, -0.15) is 0 Å². The molecular weight excluding hydrogens is 310 g/mol. The van der Waals surface area contributed by atoms with Gasteiger partial charge in [-0.05, 0) is 59.5 Å². The zero-order valence-corrected chi connectivity index (χ0v) is 13.0. The predicted molar refractivity (Wildman–Crippen MR) is 79.2 cm³/mol. The Morgan fingerprint density at radius 3 is 2.78 bits per heavy atom. The van der Waals surface area contributed by atoms with Gasteiger partial charge >= 0.3 is 0 Å². The Bertz CT molecular complexity index is 396. The number of hydrogen-bond acceptors (Lipinski definition) is 3. The van der Waals surface area contributed by atoms with Crippen molar-refractivity contribution in [3.8, 4) is 0 Å². The summed E-state index contributed by atoms with van der Waals surface area (Å²) in [6.07, 6.45) is 6.34. The molecule has 0 bridgehead atoms. The Morgan fingerprint density at radius 2 is 2.17 bits per heavy atom. The molecule has 2 aliphatic rings. The average Bonchev–Trinajstić information content (AvgIpc) is 3.12. The number of nitrogens with one attached hydrogen (secondary N) is 1. The van der Waals surface area contributed by atoms with E-state index in [0.29, 0.717) is 5.41 Å². The summed E-state index contributed by atoms with van der Waals surface area (Å²) in [6, 6.07) is 3.08. The maximum Gasteiger partial charge on any atom is 0.0471 e. The summed E-state index contributed by atoms with van der Waals surface area (Å²) in [5, 5.41) is 5.92. The molecule has 0 aromatic carbocycles. The van der Waals surface area contributed by atoms with E-state index in [0.717, 1.165) is 25.8 Å². The fourth-order valence-corrected chi connectivity index (χ4v) is 4.31. The molecule has 4 heteroatoms. The first-order valence-electron chi connectivity index (χ1n) is 6.80. The third kappa shape index (κ3) is 3.35. The number of hydrogen-bond donors (Lipinski definition) is 1. The molecule has 0 spiro atoms. The second-order valence-electron chi connectivity index (χ2n) is 5.68. The first kappa shape index (κ1) is 13.1. The second kappa shape index (κ2) is 5.61. The number of ether oxygens (including phenoxy) is 1. The lowest BCUT2D eigenvalue weighted by Crippen LogP contribution is -2.41. The van der Waals surface area contributed by atoms with Crippen molar-refractivity contribution in [2.45, 2.75) is 38.1 Å². The van der Waals surface area contributed by atoms with Crippen molar-refractivity contribution >= 4 is 27.3 Å². The van der Waals surface area contributed by atoms with Crippen LogP contribution in [0.15, 0.2) is 15.9 Å². The Hall–Kier alpha value is 0.1000. The molecule has 1 aromatic heterocycles. The van der Waals surface area contributed by atoms with Crippen molar-refractivity contribution in [1.82, 2.24) is 5.32 Å². The molecule has 100 valence electrons. The van der Waals surface area contributed by atoms with Gasteiger partial charge in [0, 0.05) is 40.5 Å². The Morgan fingerprint density at radius 1 is 1.39 bits per heavy atom. The van der Waals surface area contributed by atoms with Gasteiger partial charge in [-0.3, -0.25) is 0 Å². The second-order valence-corrected chi connectivity index (χ2v) is 7.59. The molecule has 0 amide bonds. The van der Waals surface area contributed by atoms with E-state index < -0.39 is 0 Å². The van der Waals surface area contributed by atoms with Gasteiger partial charge in [0.2, 0.25) is 0 Å². The van der Waals surface area contributed by atoms with E-state index in [1.165, 1.54) is 41.5 Å². The van der Waals surface area contributed by atoms with Gasteiger partial charge in [-0.15, -0.1) is 11.3 Å². The third-order valence-electron chi connectivity index (χ3n) is 4.07. The summed E-state index contributed by atoms with van der Waals surface area (Å²) in [4.78, 5) is 1.50. The van der Waals surface area contributed by atoms with Gasteiger partial charge in [-0.1, -0.05) is 0 Å². The largest absolute Gasteiger partial charge is 0.381 e. The first-order valence-corrected chi connectivity index (χ1v) is 8.47. The molecular formula is C14H20BrNOS. The zero-order valence-electron chi connectivity index (χ0n) is 10.6. The number of rotatable bonds is 5. The summed E-state index contributed by atoms with van der Waals surface area (Å²) < 4.78 is 6.78. The van der Waals surface area contributed by atoms with Crippen LogP contribution in [0.25, 0.3) is 0 Å². The molecule has 1 saturated carbocycles. The monoisotopic (exact) mass is 329 g/mol. The minimum atomic E-state index is 0.422. The Kier molecular flexibility index (Phi) is 4.09. The van der Waals surface area contributed by atoms with Crippen LogP contribution in [0, 0.1) is 5.41 Å². The molecule has 18 heavy (non-hydrogen) atoms. The van der Waals surface area contributed by atoms with E-state index in [9.17, 15) is 0 Å². The Balaban J connectivity index is 1.66. The molecule has 1 aliphatic carbocycles. The summed E-state index contributed by atoms with van der Waals surface area (Å²) in [5.41, 5.74) is 0.422. The Labute approximate surface area is 121 Å². The van der Waals surface area contributed by atoms with Crippen LogP contribution in [0.3, 0.4) is 0 Å². The van der Waals surface area contributed by atoms with Crippen LogP contribution in [0.2, 0.25) is 0 Å². The minimum Gasteiger partial charge on any atom is -0.381 e. The quantitative estimate of drug-likeness (QED) is 0.891. The molecule has 1 aliphatic heterocycles. The van der Waals surface area contributed by atoms with Crippen molar-refractivity contribution in [2.75, 3.05) is 19.8 Å². The smallest absolute Gasteiger partial charge is 0.0471 e. The van der Waals surface area contributed by atoms with Crippen LogP contribution in [-0.4, -0.2) is 25.8 Å². The van der Waals surface area contributed by atoms with Crippen LogP contribution >= 0.6 is 27.3 Å². The van der Waals surface area contributed by atoms with Gasteiger partial charge in [0.25, 0.3) is 0 Å². The van der Waals surface area contributed by atoms with Crippen LogP contribution < -0.4 is 5.32 Å². The average molecular weight is 330 g/mol. The van der Waals surface area contributed by atoms with Gasteiger partial charge < -0.3 is 10.1 Å². The highest BCUT2D eigenvalue weighted by Crippen LogP contribution is 2.37. The summed E-state index contributed by atoms with van der Waals surface area (Å²) >= 11 is 5.43. The minimum absolute atomic E-state index is 0.422. The van der Waals surface area contributed by atoms with Gasteiger partial charge in [0.15, 0.2) is 0 Å². The van der Waals surface area contributed by atoms with Crippen LogP contribution in [0.5, 0.6) is 0 Å². The van der Waals surface area contributed by atoms with Gasteiger partial charge in [0.1, 0.15) is 0 Å². The van der Waals surface area contributed by atoms with E-state index in [1.807, 2.05) is 11.3 Å². The lowest BCUT2D eigenvalue weighted by Gasteiger charge is -2.37. The summed E-state index contributed by atoms with van der Waals surface area (Å²) in [6.45, 7) is 3.02. The molecule has 2 heterocycles. The normalized spacial score (nSPS) is 23.2. The van der Waals surface area contributed by atoms with E-state index in [1.54, 1.807) is 0 Å². The van der Waals surface area contributed by atoms with Gasteiger partial charge in [0.05, 0.1) is 0 Å². The maximum atomic E-state index is 5.56. The highest BCUT2D eigenvalue weighted by Gasteiger charge is 2.35. The van der Waals surface area contributed by atoms with Crippen molar-refractivity contribution in [3.05, 3.63) is 20.8 Å². The lowest BCUT2D eigenvalue weighted by atomic mass is 9.76. The summed E-state index contributed by atoms with van der Waals surface area (Å²) in [7, 11) is 0. The number of halogens is 1. The van der Waals surface area contributed by atoms with E-state index in [-0.39, 0.29) is 0 Å². The highest BCUT2D eigenvalue weighted by atomic mass is 79.9. The molecule has 2 nitrogen and oxygen atoms in total. The predicted octanol–water partition coefficient (Wildman–Crippen LogP) is 3.60. The van der Waals surface area contributed by atoms with E-state index in [4.69, 9.17) is 4.74 Å². The fourth-order valence-electron chi connectivity index (χ4n) is 2.68. The van der Waals surface area contributed by atoms with Crippen LogP contribution in [-0.2, 0) is 11.2 Å². The topological polar surface area (TPSA) is 21.3 Å². The molecule has 3 rings (SSSR count). The zero-order chi connectivity index (χ0) is 12.4. The van der Waals surface area contributed by atoms with Gasteiger partial charge in [-0.25, -0.2) is 0 Å².